The second-order valence-electron chi connectivity index (χ2n) is 12.5. The van der Waals surface area contributed by atoms with E-state index >= 15 is 8.78 Å². The summed E-state index contributed by atoms with van der Waals surface area (Å²) < 4.78 is 74.1. The van der Waals surface area contributed by atoms with Gasteiger partial charge in [0.1, 0.15) is 11.4 Å². The van der Waals surface area contributed by atoms with Crippen molar-refractivity contribution < 1.29 is 46.2 Å². The first-order valence-corrected chi connectivity index (χ1v) is 16.7. The standard InChI is InChI=1S/C35H22BrCl2F5N2O5/c1-2-4-14-5-3-6-19(29(14)46)22-17-11-12-18-21(31(48)44(30(18)47)16-9-7-15(36)8-10-16)20(17)13-34(37)32(49)45(33(50)35(22,34)38)28-26(42)24(40)23(39)25(41)27(28)43/h2-3,5-11,18,20-22,46H,1,4,12-13H2/t18-,20+,21-,22+,34+,35-/m0/s1. The fourth-order valence-electron chi connectivity index (χ4n) is 7.92. The minimum Gasteiger partial charge on any atom is -0.507 e. The number of amides is 4. The number of aromatic hydroxyl groups is 1. The maximum Gasteiger partial charge on any atom is 0.258 e. The molecule has 0 aromatic heterocycles. The summed E-state index contributed by atoms with van der Waals surface area (Å²) in [5.74, 6) is -22.0. The van der Waals surface area contributed by atoms with E-state index in [2.05, 4.69) is 22.5 Å². The van der Waals surface area contributed by atoms with Gasteiger partial charge in [0.15, 0.2) is 33.0 Å². The Labute approximate surface area is 299 Å². The molecule has 3 aromatic rings. The van der Waals surface area contributed by atoms with E-state index in [1.54, 1.807) is 36.4 Å². The summed E-state index contributed by atoms with van der Waals surface area (Å²) in [5, 5.41) is 11.5. The molecule has 0 bridgehead atoms. The van der Waals surface area contributed by atoms with Gasteiger partial charge in [0.25, 0.3) is 11.8 Å². The van der Waals surface area contributed by atoms with Crippen LogP contribution in [0.3, 0.4) is 0 Å². The molecule has 2 heterocycles. The highest BCUT2D eigenvalue weighted by molar-refractivity contribution is 9.10. The Morgan fingerprint density at radius 1 is 0.860 bits per heavy atom. The Bertz CT molecular complexity index is 2090. The Morgan fingerprint density at radius 2 is 1.48 bits per heavy atom. The van der Waals surface area contributed by atoms with Crippen molar-refractivity contribution >= 4 is 74.1 Å². The second-order valence-corrected chi connectivity index (χ2v) is 14.7. The number of hydrogen-bond acceptors (Lipinski definition) is 5. The van der Waals surface area contributed by atoms with Crippen LogP contribution in [0.15, 0.2) is 71.2 Å². The van der Waals surface area contributed by atoms with E-state index in [4.69, 9.17) is 23.2 Å². The van der Waals surface area contributed by atoms with Crippen LogP contribution in [0.4, 0.5) is 33.3 Å². The molecule has 1 N–H and O–H groups in total. The number of halogens is 8. The van der Waals surface area contributed by atoms with Crippen molar-refractivity contribution in [3.63, 3.8) is 0 Å². The minimum absolute atomic E-state index is 0.0382. The zero-order valence-corrected chi connectivity index (χ0v) is 28.4. The van der Waals surface area contributed by atoms with Crippen LogP contribution in [0.2, 0.25) is 0 Å². The predicted octanol–water partition coefficient (Wildman–Crippen LogP) is 7.35. The Balaban J connectivity index is 1.45. The zero-order chi connectivity index (χ0) is 36.2. The van der Waals surface area contributed by atoms with Crippen molar-refractivity contribution in [2.45, 2.75) is 34.9 Å². The van der Waals surface area contributed by atoms with Crippen LogP contribution in [0, 0.1) is 46.8 Å². The molecule has 0 unspecified atom stereocenters. The molecule has 2 aliphatic heterocycles. The maximum absolute atomic E-state index is 15.2. The number of phenolic OH excluding ortho intramolecular Hbond substituents is 1. The number of carbonyl (C=O) groups excluding carboxylic acids is 4. The highest BCUT2D eigenvalue weighted by atomic mass is 79.9. The van der Waals surface area contributed by atoms with Gasteiger partial charge in [0.05, 0.1) is 17.5 Å². The molecule has 0 radical (unpaired) electrons. The smallest absolute Gasteiger partial charge is 0.258 e. The average molecular weight is 796 g/mol. The van der Waals surface area contributed by atoms with E-state index in [1.165, 1.54) is 18.2 Å². The summed E-state index contributed by atoms with van der Waals surface area (Å²) in [6.07, 6.45) is 2.47. The molecule has 258 valence electrons. The van der Waals surface area contributed by atoms with Crippen LogP contribution in [0.25, 0.3) is 0 Å². The summed E-state index contributed by atoms with van der Waals surface area (Å²) in [6, 6.07) is 10.8. The van der Waals surface area contributed by atoms with Crippen LogP contribution in [-0.2, 0) is 25.6 Å². The molecular formula is C35H22BrCl2F5N2O5. The fourth-order valence-corrected chi connectivity index (χ4v) is 9.11. The number of fused-ring (bicyclic) bond motifs is 4. The van der Waals surface area contributed by atoms with Crippen LogP contribution in [-0.4, -0.2) is 38.5 Å². The zero-order valence-electron chi connectivity index (χ0n) is 25.3. The van der Waals surface area contributed by atoms with Gasteiger partial charge in [0, 0.05) is 16.0 Å². The third-order valence-electron chi connectivity index (χ3n) is 10.1. The van der Waals surface area contributed by atoms with Crippen LogP contribution in [0.5, 0.6) is 5.75 Å². The summed E-state index contributed by atoms with van der Waals surface area (Å²) in [7, 11) is 0. The van der Waals surface area contributed by atoms with Gasteiger partial charge in [0.2, 0.25) is 17.6 Å². The molecule has 0 spiro atoms. The lowest BCUT2D eigenvalue weighted by Crippen LogP contribution is -2.60. The van der Waals surface area contributed by atoms with Gasteiger partial charge < -0.3 is 5.11 Å². The van der Waals surface area contributed by atoms with Gasteiger partial charge in [-0.3, -0.25) is 24.1 Å². The number of carbonyl (C=O) groups is 4. The third kappa shape index (κ3) is 4.38. The quantitative estimate of drug-likeness (QED) is 0.0729. The molecule has 7 nitrogen and oxygen atoms in total. The van der Waals surface area contributed by atoms with Gasteiger partial charge in [-0.15, -0.1) is 29.8 Å². The van der Waals surface area contributed by atoms with Crippen molar-refractivity contribution in [2.24, 2.45) is 17.8 Å². The lowest BCUT2D eigenvalue weighted by atomic mass is 9.56. The van der Waals surface area contributed by atoms with Crippen molar-refractivity contribution in [3.8, 4) is 5.75 Å². The monoisotopic (exact) mass is 794 g/mol. The molecular weight excluding hydrogens is 774 g/mol. The van der Waals surface area contributed by atoms with Crippen molar-refractivity contribution in [2.75, 3.05) is 9.80 Å². The minimum atomic E-state index is -2.75. The van der Waals surface area contributed by atoms with Crippen LogP contribution >= 0.6 is 39.1 Å². The highest BCUT2D eigenvalue weighted by Crippen LogP contribution is 2.67. The number of para-hydroxylation sites is 1. The van der Waals surface area contributed by atoms with Crippen molar-refractivity contribution in [1.82, 2.24) is 0 Å². The first kappa shape index (κ1) is 34.4. The number of hydrogen-bond donors (Lipinski definition) is 1. The van der Waals surface area contributed by atoms with Crippen LogP contribution < -0.4 is 9.80 Å². The normalized spacial score (nSPS) is 28.8. The number of phenols is 1. The molecule has 2 saturated heterocycles. The molecule has 15 heteroatoms. The van der Waals surface area contributed by atoms with Gasteiger partial charge in [-0.1, -0.05) is 51.9 Å². The number of benzene rings is 3. The number of rotatable bonds is 5. The molecule has 6 atom stereocenters. The van der Waals surface area contributed by atoms with Gasteiger partial charge in [-0.25, -0.2) is 26.9 Å². The second kappa shape index (κ2) is 11.7. The van der Waals surface area contributed by atoms with E-state index in [1.807, 2.05) is 0 Å². The number of allylic oxidation sites excluding steroid dienone is 3. The Morgan fingerprint density at radius 3 is 2.10 bits per heavy atom. The van der Waals surface area contributed by atoms with Crippen LogP contribution in [0.1, 0.15) is 29.9 Å². The van der Waals surface area contributed by atoms with E-state index in [0.29, 0.717) is 10.0 Å². The fraction of sp³-hybridized carbons (Fsp3) is 0.257. The lowest BCUT2D eigenvalue weighted by Gasteiger charge is -2.50. The molecule has 3 fully saturated rings. The molecule has 3 aromatic carbocycles. The maximum atomic E-state index is 15.2. The number of imide groups is 2. The van der Waals surface area contributed by atoms with E-state index in [0.717, 1.165) is 4.90 Å². The summed E-state index contributed by atoms with van der Waals surface area (Å²) in [4.78, 5) is 52.0. The van der Waals surface area contributed by atoms with E-state index in [-0.39, 0.29) is 34.6 Å². The number of alkyl halides is 2. The van der Waals surface area contributed by atoms with Crippen molar-refractivity contribution in [3.05, 3.63) is 111 Å². The molecule has 2 aliphatic carbocycles. The van der Waals surface area contributed by atoms with Crippen molar-refractivity contribution in [1.29, 1.82) is 0 Å². The number of anilines is 2. The summed E-state index contributed by atoms with van der Waals surface area (Å²) >= 11 is 17.6. The van der Waals surface area contributed by atoms with Gasteiger partial charge in [-0.05, 0) is 55.0 Å². The largest absolute Gasteiger partial charge is 0.507 e. The van der Waals surface area contributed by atoms with Gasteiger partial charge in [-0.2, -0.15) is 0 Å². The summed E-state index contributed by atoms with van der Waals surface area (Å²) in [6.45, 7) is 3.66. The molecule has 4 amide bonds. The lowest BCUT2D eigenvalue weighted by molar-refractivity contribution is -0.125. The van der Waals surface area contributed by atoms with E-state index < -0.39 is 104 Å². The first-order chi connectivity index (χ1) is 23.6. The van der Waals surface area contributed by atoms with E-state index in [9.17, 15) is 37.5 Å². The third-order valence-corrected chi connectivity index (χ3v) is 12.1. The predicted molar refractivity (Wildman–Crippen MR) is 175 cm³/mol. The van der Waals surface area contributed by atoms with Gasteiger partial charge >= 0.3 is 0 Å². The topological polar surface area (TPSA) is 95.0 Å². The molecule has 7 rings (SSSR count). The molecule has 4 aliphatic rings. The Kier molecular flexibility index (Phi) is 8.07. The molecule has 50 heavy (non-hydrogen) atoms. The highest BCUT2D eigenvalue weighted by Gasteiger charge is 2.77. The SMILES string of the molecule is C=CCc1cccc([C@H]2C3=CC[C@@H]4C(=O)N(c5ccc(Br)cc5)C(=O)[C@@H]4[C@@H]3C[C@@]3(Cl)C(=O)N(c4c(F)c(F)c(F)c(F)c4F)C(=O)[C@@]23Cl)c1O. The molecule has 1 saturated carbocycles. The first-order valence-electron chi connectivity index (χ1n) is 15.1. The Hall–Kier alpha value is -4.07. The number of nitrogens with zero attached hydrogens (tertiary/aromatic N) is 2. The average Bonchev–Trinajstić information content (AvgIpc) is 3.43. The summed E-state index contributed by atoms with van der Waals surface area (Å²) in [5.41, 5.74) is -1.16.